The van der Waals surface area contributed by atoms with Gasteiger partial charge in [-0.15, -0.1) is 16.4 Å². The minimum Gasteiger partial charge on any atom is -0.486 e. The Kier molecular flexibility index (Phi) is 18.1. The van der Waals surface area contributed by atoms with Gasteiger partial charge in [-0.3, -0.25) is 14.6 Å². The number of nitrogens with one attached hydrogen (secondary N) is 2. The van der Waals surface area contributed by atoms with E-state index in [-0.39, 0.29) is 112 Å². The summed E-state index contributed by atoms with van der Waals surface area (Å²) in [6.07, 6.45) is 4.07. The molecule has 4 aromatic heterocycles. The summed E-state index contributed by atoms with van der Waals surface area (Å²) in [4.78, 5) is 41.4. The van der Waals surface area contributed by atoms with Crippen LogP contribution in [0.5, 0.6) is 11.8 Å². The summed E-state index contributed by atoms with van der Waals surface area (Å²) in [5, 5.41) is 36.4. The smallest absolute Gasteiger partial charge is 0.417 e. The number of ether oxygens (including phenoxy) is 3. The fraction of sp³-hybridized carbons (Fsp3) is 0.377. The number of nitrogens with zero attached hydrogens (tertiary/aromatic N) is 9. The molecule has 0 radical (unpaired) electrons. The van der Waals surface area contributed by atoms with Gasteiger partial charge in [0, 0.05) is 90.1 Å². The Morgan fingerprint density at radius 3 is 2.38 bits per heavy atom. The van der Waals surface area contributed by atoms with E-state index in [9.17, 15) is 20.0 Å². The third-order valence-corrected chi connectivity index (χ3v) is 16.9. The minimum atomic E-state index is -4.95. The van der Waals surface area contributed by atoms with Crippen molar-refractivity contribution < 1.29 is 46.5 Å². The molecule has 6 atom stereocenters. The van der Waals surface area contributed by atoms with E-state index < -0.39 is 29.2 Å². The zero-order chi connectivity index (χ0) is 59.4. The average Bonchev–Trinajstić information content (AvgIpc) is 4.06. The lowest BCUT2D eigenvalue weighted by Crippen LogP contribution is -2.51. The number of aromatic nitrogens is 6. The largest absolute Gasteiger partial charge is 0.486 e. The number of carbonyl (C=O) groups is 2. The third kappa shape index (κ3) is 12.5. The number of halogens is 5. The zero-order valence-corrected chi connectivity index (χ0v) is 48.3. The van der Waals surface area contributed by atoms with Gasteiger partial charge in [0.05, 0.1) is 45.8 Å². The number of anilines is 1. The van der Waals surface area contributed by atoms with Crippen LogP contribution >= 0.6 is 22.9 Å². The standard InChI is InChI=1S/C47H49F4N9O4S.C14H13ClN2O2/c1-25(2)41(45(61)59-16-6-7-26(59)3)60-21-37(56-57-60)29-10-8-28(9-11-29)23-63-42-39(33-14-15-36(48)43-38(33)30(18-52)24-65-43)35(47(49,50)51)17-34-40(42)54-46(64-22-27(4)62-5)55-44(34)58-19-31-12-13-32(20-58)53-31;15-13-7-16-6-5-12(13)10-1-3-11(4-2-10)14(8-18)17-9-19/h8-11,14-15,17,21,24-27,31-32,41,53H,6-7,12-13,16,19-20,22-23H2,1-5H3;1-7,9,14,18H,8H2,(H,17,19)/t26?,27-,31?,32?,41?;/m0./s1. The van der Waals surface area contributed by atoms with Gasteiger partial charge in [0.1, 0.15) is 48.2 Å². The van der Waals surface area contributed by atoms with Crippen molar-refractivity contribution in [3.8, 4) is 51.3 Å². The van der Waals surface area contributed by atoms with E-state index >= 15 is 17.6 Å². The number of pyridine rings is 1. The van der Waals surface area contributed by atoms with Crippen LogP contribution in [0.3, 0.4) is 0 Å². The minimum absolute atomic E-state index is 0.0142. The van der Waals surface area contributed by atoms with Crippen molar-refractivity contribution in [1.29, 1.82) is 5.26 Å². The van der Waals surface area contributed by atoms with E-state index in [1.807, 2.05) is 72.2 Å². The maximum Gasteiger partial charge on any atom is 0.417 e. The number of hydrogen-bond acceptors (Lipinski definition) is 15. The van der Waals surface area contributed by atoms with Crippen molar-refractivity contribution in [1.82, 2.24) is 45.5 Å². The highest BCUT2D eigenvalue weighted by atomic mass is 35.5. The van der Waals surface area contributed by atoms with E-state index in [0.717, 1.165) is 65.8 Å². The van der Waals surface area contributed by atoms with E-state index in [4.69, 9.17) is 35.8 Å². The predicted octanol–water partition coefficient (Wildman–Crippen LogP) is 11.1. The van der Waals surface area contributed by atoms with Crippen LogP contribution in [0.4, 0.5) is 23.4 Å². The van der Waals surface area contributed by atoms with E-state index in [1.165, 1.54) is 18.6 Å². The predicted molar refractivity (Wildman–Crippen MR) is 312 cm³/mol. The number of carbonyl (C=O) groups excluding carboxylic acids is 2. The molecule has 0 spiro atoms. The topological polar surface area (TPSA) is 206 Å². The van der Waals surface area contributed by atoms with Crippen LogP contribution in [0, 0.1) is 23.1 Å². The van der Waals surface area contributed by atoms with Gasteiger partial charge in [-0.05, 0) is 85.9 Å². The Bertz CT molecular complexity index is 3700. The monoisotopic (exact) mass is 1190 g/mol. The Morgan fingerprint density at radius 2 is 1.74 bits per heavy atom. The number of nitriles is 1. The molecule has 3 N–H and O–H groups in total. The van der Waals surface area contributed by atoms with Gasteiger partial charge in [0.15, 0.2) is 5.75 Å². The Labute approximate surface area is 491 Å². The number of thiophene rings is 1. The lowest BCUT2D eigenvalue weighted by molar-refractivity contribution is -0.137. The second-order valence-corrected chi connectivity index (χ2v) is 22.9. The molecule has 3 saturated heterocycles. The van der Waals surface area contributed by atoms with Gasteiger partial charge in [-0.1, -0.05) is 85.3 Å². The molecule has 0 saturated carbocycles. The Balaban J connectivity index is 0.000000351. The van der Waals surface area contributed by atoms with Crippen LogP contribution in [0.15, 0.2) is 96.8 Å². The van der Waals surface area contributed by atoms with Gasteiger partial charge in [-0.2, -0.15) is 28.4 Å². The average molecular weight is 1190 g/mol. The normalized spacial score (nSPS) is 17.9. The molecule has 3 aliphatic rings. The summed E-state index contributed by atoms with van der Waals surface area (Å²) in [6, 6.07) is 21.3. The Morgan fingerprint density at radius 1 is 1.00 bits per heavy atom. The number of aliphatic hydroxyl groups excluding tert-OH is 1. The molecular formula is C61H62ClF4N11O6S. The van der Waals surface area contributed by atoms with Gasteiger partial charge in [0.25, 0.3) is 0 Å². The molecule has 4 aromatic carbocycles. The van der Waals surface area contributed by atoms with Gasteiger partial charge in [-0.25, -0.2) is 9.07 Å². The van der Waals surface area contributed by atoms with Gasteiger partial charge < -0.3 is 39.8 Å². The molecule has 3 aliphatic heterocycles. The second kappa shape index (κ2) is 25.6. The van der Waals surface area contributed by atoms with E-state index in [0.29, 0.717) is 47.9 Å². The molecule has 438 valence electrons. The van der Waals surface area contributed by atoms with Crippen LogP contribution in [-0.4, -0.2) is 116 Å². The van der Waals surface area contributed by atoms with Crippen molar-refractivity contribution in [2.45, 2.75) is 102 Å². The first-order valence-electron chi connectivity index (χ1n) is 27.7. The number of aliphatic hydroxyl groups is 1. The van der Waals surface area contributed by atoms with Crippen molar-refractivity contribution in [2.24, 2.45) is 5.92 Å². The first-order valence-corrected chi connectivity index (χ1v) is 28.9. The Hall–Kier alpha value is -7.81. The molecule has 8 aromatic rings. The summed E-state index contributed by atoms with van der Waals surface area (Å²) in [5.41, 5.74) is 3.15. The molecule has 11 rings (SSSR count). The highest BCUT2D eigenvalue weighted by Crippen LogP contribution is 2.51. The molecule has 5 unspecified atom stereocenters. The fourth-order valence-electron chi connectivity index (χ4n) is 11.2. The van der Waals surface area contributed by atoms with E-state index in [2.05, 4.69) is 32.9 Å². The number of benzene rings is 4. The molecule has 23 heteroatoms. The van der Waals surface area contributed by atoms with Crippen molar-refractivity contribution >= 4 is 62.1 Å². The highest BCUT2D eigenvalue weighted by molar-refractivity contribution is 7.17. The first-order chi connectivity index (χ1) is 40.5. The first kappa shape index (κ1) is 59.4. The maximum atomic E-state index is 15.7. The van der Waals surface area contributed by atoms with Gasteiger partial charge in [0.2, 0.25) is 12.3 Å². The lowest BCUT2D eigenvalue weighted by Gasteiger charge is -2.34. The third-order valence-electron chi connectivity index (χ3n) is 15.6. The number of methoxy groups -OCH3 is 1. The second-order valence-electron chi connectivity index (χ2n) is 21.6. The van der Waals surface area contributed by atoms with Crippen LogP contribution in [-0.2, 0) is 27.1 Å². The zero-order valence-electron chi connectivity index (χ0n) is 46.7. The summed E-state index contributed by atoms with van der Waals surface area (Å²) >= 11 is 7.02. The van der Waals surface area contributed by atoms with E-state index in [1.54, 1.807) is 42.3 Å². The molecule has 7 heterocycles. The number of likely N-dealkylation sites (tertiary alicyclic amines) is 1. The number of amides is 2. The maximum absolute atomic E-state index is 15.7. The fourth-order valence-corrected chi connectivity index (χ4v) is 12.4. The molecule has 3 fully saturated rings. The molecule has 2 bridgehead atoms. The number of fused-ring (bicyclic) bond motifs is 4. The van der Waals surface area contributed by atoms with Crippen LogP contribution in [0.25, 0.3) is 54.5 Å². The molecular weight excluding hydrogens is 1130 g/mol. The van der Waals surface area contributed by atoms with Crippen LogP contribution in [0.2, 0.25) is 5.02 Å². The quantitative estimate of drug-likeness (QED) is 0.0540. The lowest BCUT2D eigenvalue weighted by atomic mass is 9.92. The molecule has 17 nitrogen and oxygen atoms in total. The van der Waals surface area contributed by atoms with Crippen LogP contribution in [0.1, 0.15) is 87.7 Å². The van der Waals surface area contributed by atoms with Crippen LogP contribution < -0.4 is 25.0 Å². The van der Waals surface area contributed by atoms with Crippen molar-refractivity contribution in [2.75, 3.05) is 44.9 Å². The molecule has 0 aliphatic carbocycles. The summed E-state index contributed by atoms with van der Waals surface area (Å²) in [7, 11) is 1.54. The summed E-state index contributed by atoms with van der Waals surface area (Å²) in [6.45, 7) is 9.25. The number of hydrogen-bond donors (Lipinski definition) is 3. The number of piperazine rings is 1. The molecule has 2 amide bonds. The summed E-state index contributed by atoms with van der Waals surface area (Å²) < 4.78 is 82.3. The highest BCUT2D eigenvalue weighted by Gasteiger charge is 2.41. The summed E-state index contributed by atoms with van der Waals surface area (Å²) in [5.74, 6) is -0.654. The van der Waals surface area contributed by atoms with Crippen molar-refractivity contribution in [3.05, 3.63) is 130 Å². The number of rotatable bonds is 18. The SMILES string of the molecule is CO[C@@H](C)COc1nc(N2CC3CCC(C2)N3)c2cc(C(F)(F)F)c(-c3ccc(F)c4scc(C#N)c34)c(OCc3ccc(-c4cn(C(C(=O)N5CCCC5C)C(C)C)nn4)cc3)c2n1.O=CNC(CO)c1ccc(-c2ccncc2Cl)cc1. The van der Waals surface area contributed by atoms with Crippen molar-refractivity contribution in [3.63, 3.8) is 0 Å². The molecule has 84 heavy (non-hydrogen) atoms. The number of alkyl halides is 3. The van der Waals surface area contributed by atoms with Gasteiger partial charge >= 0.3 is 12.2 Å².